The van der Waals surface area contributed by atoms with Gasteiger partial charge in [0.25, 0.3) is 5.19 Å². The molecule has 3 aromatic rings. The van der Waals surface area contributed by atoms with Crippen molar-refractivity contribution in [1.82, 2.24) is 14.9 Å². The molecule has 24 heavy (non-hydrogen) atoms. The normalized spacial score (nSPS) is 27.0. The SMILES string of the molecule is CN1C2CC[C@H]1CC(Oc1ncc(-c3ccc4cc[nH]c4c3)s1)C2. The molecule has 0 radical (unpaired) electrons. The summed E-state index contributed by atoms with van der Waals surface area (Å²) in [7, 11) is 2.26. The summed E-state index contributed by atoms with van der Waals surface area (Å²) in [6, 6.07) is 9.98. The maximum Gasteiger partial charge on any atom is 0.273 e. The van der Waals surface area contributed by atoms with E-state index in [1.807, 2.05) is 12.4 Å². The van der Waals surface area contributed by atoms with E-state index in [0.29, 0.717) is 18.2 Å². The zero-order valence-electron chi connectivity index (χ0n) is 13.7. The summed E-state index contributed by atoms with van der Waals surface area (Å²) in [4.78, 5) is 11.5. The van der Waals surface area contributed by atoms with Gasteiger partial charge in [-0.15, -0.1) is 0 Å². The lowest BCUT2D eigenvalue weighted by Gasteiger charge is -2.35. The molecular weight excluding hydrogens is 318 g/mol. The number of aromatic amines is 1. The fourth-order valence-corrected chi connectivity index (χ4v) is 5.08. The lowest BCUT2D eigenvalue weighted by atomic mass is 10.0. The summed E-state index contributed by atoms with van der Waals surface area (Å²) < 4.78 is 6.23. The van der Waals surface area contributed by atoms with Crippen molar-refractivity contribution in [2.24, 2.45) is 0 Å². The van der Waals surface area contributed by atoms with Crippen molar-refractivity contribution in [3.8, 4) is 15.6 Å². The molecule has 5 heteroatoms. The van der Waals surface area contributed by atoms with Crippen LogP contribution in [0.15, 0.2) is 36.7 Å². The van der Waals surface area contributed by atoms with E-state index in [4.69, 9.17) is 4.74 Å². The highest BCUT2D eigenvalue weighted by Gasteiger charge is 2.39. The van der Waals surface area contributed by atoms with Crippen LogP contribution in [0.1, 0.15) is 25.7 Å². The second-order valence-electron chi connectivity index (χ2n) is 7.03. The van der Waals surface area contributed by atoms with Gasteiger partial charge in [0.1, 0.15) is 6.10 Å². The van der Waals surface area contributed by atoms with Crippen LogP contribution in [0.2, 0.25) is 0 Å². The minimum atomic E-state index is 0.323. The smallest absolute Gasteiger partial charge is 0.273 e. The fraction of sp³-hybridized carbons (Fsp3) is 0.421. The monoisotopic (exact) mass is 339 g/mol. The first-order valence-electron chi connectivity index (χ1n) is 8.68. The number of rotatable bonds is 3. The van der Waals surface area contributed by atoms with Gasteiger partial charge in [0, 0.05) is 30.0 Å². The number of nitrogens with one attached hydrogen (secondary N) is 1. The van der Waals surface area contributed by atoms with E-state index in [2.05, 4.69) is 46.2 Å². The van der Waals surface area contributed by atoms with Gasteiger partial charge in [-0.1, -0.05) is 23.5 Å². The Morgan fingerprint density at radius 2 is 2.04 bits per heavy atom. The molecule has 0 spiro atoms. The van der Waals surface area contributed by atoms with Crippen molar-refractivity contribution in [2.45, 2.75) is 43.9 Å². The van der Waals surface area contributed by atoms with Crippen LogP contribution >= 0.6 is 11.3 Å². The van der Waals surface area contributed by atoms with Crippen LogP contribution in [-0.4, -0.2) is 40.1 Å². The van der Waals surface area contributed by atoms with Crippen LogP contribution in [0.5, 0.6) is 5.19 Å². The predicted octanol–water partition coefficient (Wildman–Crippen LogP) is 4.30. The van der Waals surface area contributed by atoms with Gasteiger partial charge < -0.3 is 14.6 Å². The molecule has 0 saturated carbocycles. The van der Waals surface area contributed by atoms with Gasteiger partial charge in [0.15, 0.2) is 0 Å². The second-order valence-corrected chi connectivity index (χ2v) is 8.03. The molecule has 2 aromatic heterocycles. The molecule has 4 nitrogen and oxygen atoms in total. The molecule has 124 valence electrons. The fourth-order valence-electron chi connectivity index (χ4n) is 4.25. The van der Waals surface area contributed by atoms with Crippen LogP contribution in [0, 0.1) is 0 Å². The van der Waals surface area contributed by atoms with Crippen molar-refractivity contribution >= 4 is 22.2 Å². The summed E-state index contributed by atoms with van der Waals surface area (Å²) in [6.07, 6.45) is 9.15. The first-order chi connectivity index (χ1) is 11.8. The van der Waals surface area contributed by atoms with Gasteiger partial charge >= 0.3 is 0 Å². The van der Waals surface area contributed by atoms with E-state index < -0.39 is 0 Å². The van der Waals surface area contributed by atoms with Gasteiger partial charge in [0.2, 0.25) is 0 Å². The number of piperidine rings is 1. The molecular formula is C19H21N3OS. The van der Waals surface area contributed by atoms with Crippen molar-refractivity contribution < 1.29 is 4.74 Å². The summed E-state index contributed by atoms with van der Waals surface area (Å²) in [5.74, 6) is 0. The first-order valence-corrected chi connectivity index (χ1v) is 9.50. The Morgan fingerprint density at radius 3 is 2.88 bits per heavy atom. The van der Waals surface area contributed by atoms with Crippen molar-refractivity contribution in [1.29, 1.82) is 0 Å². The molecule has 0 amide bonds. The Kier molecular flexibility index (Phi) is 3.38. The maximum atomic E-state index is 6.23. The second kappa shape index (κ2) is 5.60. The number of ether oxygens (including phenoxy) is 1. The molecule has 1 aromatic carbocycles. The van der Waals surface area contributed by atoms with E-state index in [-0.39, 0.29) is 0 Å². The Morgan fingerprint density at radius 1 is 1.21 bits per heavy atom. The number of benzene rings is 1. The van der Waals surface area contributed by atoms with Gasteiger partial charge in [-0.25, -0.2) is 4.98 Å². The minimum absolute atomic E-state index is 0.323. The molecule has 2 unspecified atom stereocenters. The maximum absolute atomic E-state index is 6.23. The van der Waals surface area contributed by atoms with Crippen molar-refractivity contribution in [3.05, 3.63) is 36.7 Å². The topological polar surface area (TPSA) is 41.1 Å². The largest absolute Gasteiger partial charge is 0.467 e. The number of H-pyrrole nitrogens is 1. The highest BCUT2D eigenvalue weighted by Crippen LogP contribution is 2.38. The molecule has 4 heterocycles. The van der Waals surface area contributed by atoms with Gasteiger partial charge in [-0.3, -0.25) is 0 Å². The zero-order chi connectivity index (χ0) is 16.1. The minimum Gasteiger partial charge on any atom is -0.467 e. The van der Waals surface area contributed by atoms with Gasteiger partial charge in [0.05, 0.1) is 4.88 Å². The number of fused-ring (bicyclic) bond motifs is 3. The molecule has 2 bridgehead atoms. The van der Waals surface area contributed by atoms with E-state index >= 15 is 0 Å². The Hall–Kier alpha value is -1.85. The zero-order valence-corrected chi connectivity index (χ0v) is 14.6. The number of aromatic nitrogens is 2. The summed E-state index contributed by atoms with van der Waals surface area (Å²) >= 11 is 1.65. The average Bonchev–Trinajstić information content (AvgIpc) is 3.27. The van der Waals surface area contributed by atoms with Crippen LogP contribution in [0.3, 0.4) is 0 Å². The van der Waals surface area contributed by atoms with Gasteiger partial charge in [-0.05, 0) is 55.8 Å². The molecule has 2 aliphatic heterocycles. The number of hydrogen-bond acceptors (Lipinski definition) is 4. The third kappa shape index (κ3) is 2.43. The summed E-state index contributed by atoms with van der Waals surface area (Å²) in [5.41, 5.74) is 2.36. The summed E-state index contributed by atoms with van der Waals surface area (Å²) in [5, 5.41) is 2.05. The van der Waals surface area contributed by atoms with Crippen LogP contribution in [-0.2, 0) is 0 Å². The highest BCUT2D eigenvalue weighted by atomic mass is 32.1. The Labute approximate surface area is 145 Å². The molecule has 0 aliphatic carbocycles. The third-order valence-electron chi connectivity index (χ3n) is 5.65. The van der Waals surface area contributed by atoms with E-state index in [9.17, 15) is 0 Å². The van der Waals surface area contributed by atoms with E-state index in [1.54, 1.807) is 11.3 Å². The standard InChI is InChI=1S/C19H21N3OS/c1-22-14-4-5-15(22)10-16(9-14)23-19-21-11-18(24-19)13-3-2-12-6-7-20-17(12)8-13/h2-3,6-8,11,14-16,20H,4-5,9-10H2,1H3/t14-,15?,16?/m0/s1. The first kappa shape index (κ1) is 14.5. The molecule has 5 rings (SSSR count). The lowest BCUT2D eigenvalue weighted by molar-refractivity contribution is 0.0660. The van der Waals surface area contributed by atoms with Crippen molar-refractivity contribution in [3.63, 3.8) is 0 Å². The molecule has 2 saturated heterocycles. The van der Waals surface area contributed by atoms with E-state index in [1.165, 1.54) is 23.8 Å². The molecule has 1 N–H and O–H groups in total. The van der Waals surface area contributed by atoms with Gasteiger partial charge in [-0.2, -0.15) is 0 Å². The van der Waals surface area contributed by atoms with E-state index in [0.717, 1.165) is 28.4 Å². The quantitative estimate of drug-likeness (QED) is 0.774. The number of hydrogen-bond donors (Lipinski definition) is 1. The molecule has 2 fully saturated rings. The number of nitrogens with zero attached hydrogens (tertiary/aromatic N) is 2. The third-order valence-corrected chi connectivity index (χ3v) is 6.58. The van der Waals surface area contributed by atoms with Crippen LogP contribution < -0.4 is 4.74 Å². The van der Waals surface area contributed by atoms with Crippen molar-refractivity contribution in [2.75, 3.05) is 7.05 Å². The predicted molar refractivity (Wildman–Crippen MR) is 97.6 cm³/mol. The lowest BCUT2D eigenvalue weighted by Crippen LogP contribution is -2.43. The Balaban J connectivity index is 1.34. The average molecular weight is 339 g/mol. The summed E-state index contributed by atoms with van der Waals surface area (Å²) in [6.45, 7) is 0. The van der Waals surface area contributed by atoms with Crippen LogP contribution in [0.25, 0.3) is 21.3 Å². The Bertz CT molecular complexity index is 856. The van der Waals surface area contributed by atoms with Crippen LogP contribution in [0.4, 0.5) is 0 Å². The number of thiazole rings is 1. The molecule has 3 atom stereocenters. The highest BCUT2D eigenvalue weighted by molar-refractivity contribution is 7.16. The molecule has 2 aliphatic rings.